The summed E-state index contributed by atoms with van der Waals surface area (Å²) in [6.45, 7) is 5.73. The van der Waals surface area contributed by atoms with E-state index >= 15 is 0 Å². The standard InChI is InChI=1S/C15H23N3O2/c1-15(2,3)16-13(19)10-18-14(20)9-11-7-5-4-6-8-12(11)17-18/h9H,4-8,10H2,1-3H3,(H,16,19). The average molecular weight is 277 g/mol. The van der Waals surface area contributed by atoms with Crippen LogP contribution in [0.15, 0.2) is 10.9 Å². The molecule has 20 heavy (non-hydrogen) atoms. The van der Waals surface area contributed by atoms with Crippen molar-refractivity contribution in [1.82, 2.24) is 15.1 Å². The highest BCUT2D eigenvalue weighted by atomic mass is 16.2. The van der Waals surface area contributed by atoms with Crippen LogP contribution in [0.3, 0.4) is 0 Å². The molecule has 1 heterocycles. The molecule has 0 radical (unpaired) electrons. The van der Waals surface area contributed by atoms with E-state index in [9.17, 15) is 9.59 Å². The van der Waals surface area contributed by atoms with Crippen molar-refractivity contribution in [2.24, 2.45) is 0 Å². The Bertz CT molecular complexity index is 555. The zero-order valence-corrected chi connectivity index (χ0v) is 12.5. The number of nitrogens with zero attached hydrogens (tertiary/aromatic N) is 2. The van der Waals surface area contributed by atoms with Gasteiger partial charge in [0.1, 0.15) is 6.54 Å². The van der Waals surface area contributed by atoms with E-state index in [0.717, 1.165) is 36.9 Å². The van der Waals surface area contributed by atoms with Gasteiger partial charge in [-0.1, -0.05) is 6.42 Å². The number of aromatic nitrogens is 2. The minimum atomic E-state index is -0.299. The second-order valence-electron chi connectivity index (χ2n) is 6.47. The molecule has 1 aromatic rings. The van der Waals surface area contributed by atoms with Crippen LogP contribution < -0.4 is 10.9 Å². The Morgan fingerprint density at radius 1 is 1.30 bits per heavy atom. The fourth-order valence-electron chi connectivity index (χ4n) is 2.48. The van der Waals surface area contributed by atoms with Crippen molar-refractivity contribution < 1.29 is 4.79 Å². The van der Waals surface area contributed by atoms with Gasteiger partial charge in [-0.3, -0.25) is 9.59 Å². The van der Waals surface area contributed by atoms with Gasteiger partial charge in [0, 0.05) is 11.6 Å². The smallest absolute Gasteiger partial charge is 0.267 e. The summed E-state index contributed by atoms with van der Waals surface area (Å²) >= 11 is 0. The van der Waals surface area contributed by atoms with E-state index in [1.165, 1.54) is 11.1 Å². The van der Waals surface area contributed by atoms with Gasteiger partial charge in [0.15, 0.2) is 0 Å². The van der Waals surface area contributed by atoms with Gasteiger partial charge >= 0.3 is 0 Å². The fraction of sp³-hybridized carbons (Fsp3) is 0.667. The molecule has 0 bridgehead atoms. The van der Waals surface area contributed by atoms with Crippen molar-refractivity contribution in [1.29, 1.82) is 0 Å². The summed E-state index contributed by atoms with van der Waals surface area (Å²) in [4.78, 5) is 23.9. The number of hydrogen-bond donors (Lipinski definition) is 1. The van der Waals surface area contributed by atoms with Crippen LogP contribution in [0, 0.1) is 0 Å². The summed E-state index contributed by atoms with van der Waals surface area (Å²) in [5.41, 5.74) is 1.55. The predicted molar refractivity (Wildman–Crippen MR) is 77.7 cm³/mol. The largest absolute Gasteiger partial charge is 0.350 e. The molecule has 110 valence electrons. The minimum Gasteiger partial charge on any atom is -0.350 e. The van der Waals surface area contributed by atoms with Crippen LogP contribution in [-0.2, 0) is 24.2 Å². The van der Waals surface area contributed by atoms with Gasteiger partial charge in [-0.05, 0) is 52.0 Å². The van der Waals surface area contributed by atoms with Gasteiger partial charge < -0.3 is 5.32 Å². The first kappa shape index (κ1) is 14.8. The number of carbonyl (C=O) groups is 1. The Morgan fingerprint density at radius 2 is 2.00 bits per heavy atom. The van der Waals surface area contributed by atoms with Gasteiger partial charge in [-0.25, -0.2) is 4.68 Å². The Morgan fingerprint density at radius 3 is 2.70 bits per heavy atom. The minimum absolute atomic E-state index is 0.0105. The van der Waals surface area contributed by atoms with E-state index in [1.807, 2.05) is 20.8 Å². The second-order valence-corrected chi connectivity index (χ2v) is 6.47. The van der Waals surface area contributed by atoms with E-state index in [0.29, 0.717) is 0 Å². The van der Waals surface area contributed by atoms with Crippen LogP contribution >= 0.6 is 0 Å². The highest BCUT2D eigenvalue weighted by Gasteiger charge is 2.17. The lowest BCUT2D eigenvalue weighted by Gasteiger charge is -2.20. The zero-order chi connectivity index (χ0) is 14.8. The van der Waals surface area contributed by atoms with Gasteiger partial charge in [0.2, 0.25) is 5.91 Å². The summed E-state index contributed by atoms with van der Waals surface area (Å²) in [6, 6.07) is 1.65. The van der Waals surface area contributed by atoms with E-state index in [4.69, 9.17) is 0 Å². The molecule has 0 saturated heterocycles. The number of rotatable bonds is 2. The third-order valence-corrected chi connectivity index (χ3v) is 3.33. The lowest BCUT2D eigenvalue weighted by atomic mass is 10.1. The molecule has 0 spiro atoms. The normalized spacial score (nSPS) is 15.3. The molecule has 1 aliphatic carbocycles. The molecule has 0 aliphatic heterocycles. The average Bonchev–Trinajstić information content (AvgIpc) is 2.52. The number of aryl methyl sites for hydroxylation is 2. The molecule has 1 amide bonds. The van der Waals surface area contributed by atoms with E-state index in [2.05, 4.69) is 10.4 Å². The topological polar surface area (TPSA) is 64.0 Å². The fourth-order valence-corrected chi connectivity index (χ4v) is 2.48. The Kier molecular flexibility index (Phi) is 4.26. The molecule has 1 aliphatic rings. The van der Waals surface area contributed by atoms with Crippen LogP contribution in [0.1, 0.15) is 51.3 Å². The van der Waals surface area contributed by atoms with Crippen molar-refractivity contribution in [3.8, 4) is 0 Å². The van der Waals surface area contributed by atoms with Gasteiger partial charge in [-0.15, -0.1) is 0 Å². The highest BCUT2D eigenvalue weighted by molar-refractivity contribution is 5.76. The molecule has 0 aromatic carbocycles. The summed E-state index contributed by atoms with van der Waals surface area (Å²) in [7, 11) is 0. The first-order chi connectivity index (χ1) is 9.35. The first-order valence-corrected chi connectivity index (χ1v) is 7.26. The monoisotopic (exact) mass is 277 g/mol. The maximum Gasteiger partial charge on any atom is 0.267 e. The number of amides is 1. The lowest BCUT2D eigenvalue weighted by Crippen LogP contribution is -2.44. The summed E-state index contributed by atoms with van der Waals surface area (Å²) in [6.07, 6.45) is 5.22. The maximum atomic E-state index is 12.0. The molecule has 2 rings (SSSR count). The lowest BCUT2D eigenvalue weighted by molar-refractivity contribution is -0.123. The van der Waals surface area contributed by atoms with Crippen LogP contribution in [0.2, 0.25) is 0 Å². The summed E-state index contributed by atoms with van der Waals surface area (Å²) < 4.78 is 1.28. The number of hydrogen-bond acceptors (Lipinski definition) is 3. The van der Waals surface area contributed by atoms with Crippen LogP contribution in [0.25, 0.3) is 0 Å². The van der Waals surface area contributed by atoms with Crippen molar-refractivity contribution >= 4 is 5.91 Å². The molecule has 1 aromatic heterocycles. The van der Waals surface area contributed by atoms with Crippen molar-refractivity contribution in [3.05, 3.63) is 27.7 Å². The summed E-state index contributed by atoms with van der Waals surface area (Å²) in [5, 5.41) is 7.23. The molecule has 0 unspecified atom stereocenters. The van der Waals surface area contributed by atoms with Crippen LogP contribution in [0.5, 0.6) is 0 Å². The van der Waals surface area contributed by atoms with Gasteiger partial charge in [0.05, 0.1) is 5.69 Å². The number of fused-ring (bicyclic) bond motifs is 1. The molecule has 0 saturated carbocycles. The molecule has 1 N–H and O–H groups in total. The Labute approximate surface area is 119 Å². The van der Waals surface area contributed by atoms with Crippen molar-refractivity contribution in [2.45, 2.75) is 65.0 Å². The van der Waals surface area contributed by atoms with Crippen molar-refractivity contribution in [3.63, 3.8) is 0 Å². The maximum absolute atomic E-state index is 12.0. The van der Waals surface area contributed by atoms with Crippen LogP contribution in [-0.4, -0.2) is 21.2 Å². The highest BCUT2D eigenvalue weighted by Crippen LogP contribution is 2.16. The Hall–Kier alpha value is -1.65. The SMILES string of the molecule is CC(C)(C)NC(=O)Cn1nc2c(cc1=O)CCCCC2. The molecule has 5 nitrogen and oxygen atoms in total. The third-order valence-electron chi connectivity index (χ3n) is 3.33. The zero-order valence-electron chi connectivity index (χ0n) is 12.5. The van der Waals surface area contributed by atoms with E-state index in [-0.39, 0.29) is 23.6 Å². The molecular weight excluding hydrogens is 254 g/mol. The first-order valence-electron chi connectivity index (χ1n) is 7.26. The number of carbonyl (C=O) groups excluding carboxylic acids is 1. The molecular formula is C15H23N3O2. The van der Waals surface area contributed by atoms with Crippen molar-refractivity contribution in [2.75, 3.05) is 0 Å². The van der Waals surface area contributed by atoms with Gasteiger partial charge in [-0.2, -0.15) is 5.10 Å². The number of nitrogens with one attached hydrogen (secondary N) is 1. The molecule has 0 fully saturated rings. The second kappa shape index (κ2) is 5.77. The molecule has 5 heteroatoms. The van der Waals surface area contributed by atoms with Crippen LogP contribution in [0.4, 0.5) is 0 Å². The quantitative estimate of drug-likeness (QED) is 0.832. The summed E-state index contributed by atoms with van der Waals surface area (Å²) in [5.74, 6) is -0.180. The predicted octanol–water partition coefficient (Wildman–Crippen LogP) is 1.43. The van der Waals surface area contributed by atoms with E-state index < -0.39 is 0 Å². The molecule has 0 atom stereocenters. The van der Waals surface area contributed by atoms with E-state index in [1.54, 1.807) is 6.07 Å². The Balaban J connectivity index is 2.18. The third kappa shape index (κ3) is 3.92. The van der Waals surface area contributed by atoms with Gasteiger partial charge in [0.25, 0.3) is 5.56 Å².